The fourth-order valence-corrected chi connectivity index (χ4v) is 10.8. The second-order valence-electron chi connectivity index (χ2n) is 27.0. The minimum absolute atomic E-state index is 0.0168. The van der Waals surface area contributed by atoms with E-state index in [1.54, 1.807) is 61.5 Å². The fraction of sp³-hybridized carbons (Fsp3) is 0.794. The third kappa shape index (κ3) is 21.3. The molecule has 0 aliphatic carbocycles. The molecule has 11 atom stereocenters. The number of carbonyl (C=O) groups is 11. The summed E-state index contributed by atoms with van der Waals surface area (Å²) in [7, 11) is 9.92. The summed E-state index contributed by atoms with van der Waals surface area (Å²) in [5.41, 5.74) is -1.05. The molecular formula is C63H113N11O12. The van der Waals surface area contributed by atoms with E-state index >= 15 is 9.59 Å². The van der Waals surface area contributed by atoms with Gasteiger partial charge in [0.1, 0.15) is 60.4 Å². The molecule has 0 saturated carbocycles. The quantitative estimate of drug-likeness (QED) is 0.147. The lowest BCUT2D eigenvalue weighted by molar-refractivity contribution is -0.158. The predicted octanol–water partition coefficient (Wildman–Crippen LogP) is 3.66. The van der Waals surface area contributed by atoms with Crippen LogP contribution in [-0.4, -0.2) is 227 Å². The number of rotatable bonds is 15. The van der Waals surface area contributed by atoms with Crippen LogP contribution in [0.3, 0.4) is 0 Å². The first kappa shape index (κ1) is 77.9. The lowest BCUT2D eigenvalue weighted by atomic mass is 9.78. The standard InChI is InChI=1S/C63H113N11O12/c1-26-28-29-63(17,18)52(76)51-56(80)66-43(27-2)58(82)68(19)34-48(75)69(20)44(30-35(3)4)55(79)67-49(39(11)12)61(85)70(21)45(31-36(5)6)54(78)64-41(15)53(77)65-42(16)57(81)71(22)46(32-37(7)8)59(83)72(23)47(33-38(9)10)60(84)73(24)50(40(13)14)62(86)74(51)25/h26,28,35-47,49-52,76H,27,29-34H2,1-25H3,(H,64,78)(H,65,77)(H,66,80)(H,67,79)/b28-26+/t41-,42+,43-,44-,45-,46-,47-,49-,50-,51-,52-/m0/s1. The number of carbonyl (C=O) groups excluding carboxylic acids is 11. The third-order valence-corrected chi connectivity index (χ3v) is 16.4. The van der Waals surface area contributed by atoms with Gasteiger partial charge in [-0.15, -0.1) is 0 Å². The van der Waals surface area contributed by atoms with Gasteiger partial charge in [0.25, 0.3) is 0 Å². The van der Waals surface area contributed by atoms with Crippen molar-refractivity contribution in [1.29, 1.82) is 0 Å². The van der Waals surface area contributed by atoms with E-state index in [4.69, 9.17) is 0 Å². The average molecular weight is 1220 g/mol. The maximum absolute atomic E-state index is 15.2. The highest BCUT2D eigenvalue weighted by Crippen LogP contribution is 2.32. The SMILES string of the molecule is C/C=C/CC(C)(C)[C@@H](O)[C@H]1C(=O)N[C@@H](CC)C(=O)N(C)CC(=O)N(C)[C@@H](CC(C)C)C(=O)N[C@@H](C(C)C)C(=O)N(C)[C@@H](CC(C)C)C(=O)N[C@@H](C)C(=O)N[C@H](C)C(=O)N(C)[C@@H](CC(C)C)C(=O)N(C)[C@@H](CC(C)C)C(=O)N(C)[C@@H](C(C)C)C(=O)N1C. The number of nitrogens with zero attached hydrogens (tertiary/aromatic N) is 7. The summed E-state index contributed by atoms with van der Waals surface area (Å²) in [6.07, 6.45) is 2.95. The summed E-state index contributed by atoms with van der Waals surface area (Å²) in [6.45, 7) is 31.1. The molecule has 492 valence electrons. The van der Waals surface area contributed by atoms with E-state index in [1.165, 1.54) is 87.7 Å². The highest BCUT2D eigenvalue weighted by atomic mass is 16.3. The van der Waals surface area contributed by atoms with Gasteiger partial charge in [-0.1, -0.05) is 116 Å². The van der Waals surface area contributed by atoms with Crippen LogP contribution in [-0.2, 0) is 52.7 Å². The molecule has 1 aliphatic heterocycles. The molecule has 0 aromatic carbocycles. The monoisotopic (exact) mass is 1220 g/mol. The average Bonchev–Trinajstić information content (AvgIpc) is 2.05. The highest BCUT2D eigenvalue weighted by Gasteiger charge is 2.47. The summed E-state index contributed by atoms with van der Waals surface area (Å²) < 4.78 is 0. The number of hydrogen-bond acceptors (Lipinski definition) is 12. The van der Waals surface area contributed by atoms with Crippen LogP contribution in [0.15, 0.2) is 12.2 Å². The number of nitrogens with one attached hydrogen (secondary N) is 4. The molecule has 11 amide bonds. The topological polar surface area (TPSA) is 279 Å². The van der Waals surface area contributed by atoms with Crippen LogP contribution < -0.4 is 21.3 Å². The fourth-order valence-electron chi connectivity index (χ4n) is 10.8. The number of hydrogen-bond donors (Lipinski definition) is 5. The van der Waals surface area contributed by atoms with Crippen molar-refractivity contribution >= 4 is 65.0 Å². The number of allylic oxidation sites excluding steroid dienone is 2. The number of aliphatic hydroxyl groups is 1. The Bertz CT molecular complexity index is 2370. The first-order valence-electron chi connectivity index (χ1n) is 30.9. The van der Waals surface area contributed by atoms with Gasteiger partial charge in [-0.25, -0.2) is 0 Å². The minimum Gasteiger partial charge on any atom is -0.390 e. The van der Waals surface area contributed by atoms with E-state index in [2.05, 4.69) is 21.3 Å². The van der Waals surface area contributed by atoms with Gasteiger partial charge in [-0.3, -0.25) is 52.7 Å². The van der Waals surface area contributed by atoms with E-state index in [0.717, 1.165) is 9.80 Å². The van der Waals surface area contributed by atoms with Crippen molar-refractivity contribution in [2.24, 2.45) is 40.9 Å². The zero-order valence-electron chi connectivity index (χ0n) is 57.0. The number of amides is 11. The Morgan fingerprint density at radius 2 is 0.884 bits per heavy atom. The molecule has 0 spiro atoms. The maximum atomic E-state index is 15.2. The Labute approximate surface area is 515 Å². The first-order chi connectivity index (χ1) is 39.5. The normalized spacial score (nSPS) is 26.6. The van der Waals surface area contributed by atoms with E-state index < -0.39 is 155 Å². The van der Waals surface area contributed by atoms with Crippen LogP contribution in [0.2, 0.25) is 0 Å². The van der Waals surface area contributed by atoms with Crippen LogP contribution in [0.5, 0.6) is 0 Å². The zero-order valence-corrected chi connectivity index (χ0v) is 57.0. The van der Waals surface area contributed by atoms with Gasteiger partial charge < -0.3 is 60.7 Å². The molecular weight excluding hydrogens is 1100 g/mol. The Hall–Kier alpha value is -6.13. The molecule has 0 radical (unpaired) electrons. The van der Waals surface area contributed by atoms with Gasteiger partial charge in [0.2, 0.25) is 65.0 Å². The molecule has 23 nitrogen and oxygen atoms in total. The molecule has 1 rings (SSSR count). The summed E-state index contributed by atoms with van der Waals surface area (Å²) in [5, 5.41) is 23.3. The van der Waals surface area contributed by atoms with Crippen molar-refractivity contribution < 1.29 is 57.8 Å². The summed E-state index contributed by atoms with van der Waals surface area (Å²) in [5.74, 6) is -9.15. The molecule has 86 heavy (non-hydrogen) atoms. The third-order valence-electron chi connectivity index (χ3n) is 16.4. The van der Waals surface area contributed by atoms with Gasteiger partial charge in [-0.05, 0) is 100 Å². The predicted molar refractivity (Wildman–Crippen MR) is 333 cm³/mol. The van der Waals surface area contributed by atoms with E-state index in [-0.39, 0.29) is 62.2 Å². The van der Waals surface area contributed by atoms with Crippen molar-refractivity contribution in [3.63, 3.8) is 0 Å². The van der Waals surface area contributed by atoms with Crippen LogP contribution in [0.4, 0.5) is 0 Å². The summed E-state index contributed by atoms with van der Waals surface area (Å²) in [4.78, 5) is 169. The number of aliphatic hydroxyl groups excluding tert-OH is 1. The Morgan fingerprint density at radius 3 is 1.33 bits per heavy atom. The summed E-state index contributed by atoms with van der Waals surface area (Å²) in [6, 6.07) is -12.4. The second-order valence-corrected chi connectivity index (χ2v) is 27.0. The molecule has 1 aliphatic rings. The largest absolute Gasteiger partial charge is 0.390 e. The van der Waals surface area contributed by atoms with E-state index in [0.29, 0.717) is 0 Å². The van der Waals surface area contributed by atoms with Crippen molar-refractivity contribution in [3.8, 4) is 0 Å². The van der Waals surface area contributed by atoms with Gasteiger partial charge in [-0.2, -0.15) is 0 Å². The summed E-state index contributed by atoms with van der Waals surface area (Å²) >= 11 is 0. The molecule has 0 bridgehead atoms. The molecule has 23 heteroatoms. The molecule has 0 aromatic rings. The van der Waals surface area contributed by atoms with Crippen molar-refractivity contribution in [3.05, 3.63) is 12.2 Å². The Morgan fingerprint density at radius 1 is 0.477 bits per heavy atom. The number of likely N-dealkylation sites (N-methyl/N-ethyl adjacent to an activating group) is 7. The molecule has 0 unspecified atom stereocenters. The highest BCUT2D eigenvalue weighted by molar-refractivity contribution is 5.99. The van der Waals surface area contributed by atoms with Gasteiger partial charge >= 0.3 is 0 Å². The van der Waals surface area contributed by atoms with Crippen molar-refractivity contribution in [1.82, 2.24) is 55.6 Å². The zero-order chi connectivity index (χ0) is 66.9. The Balaban J connectivity index is 4.36. The van der Waals surface area contributed by atoms with E-state index in [9.17, 15) is 48.3 Å². The molecule has 5 N–H and O–H groups in total. The lowest BCUT2D eigenvalue weighted by Gasteiger charge is -2.43. The lowest BCUT2D eigenvalue weighted by Crippen LogP contribution is -2.64. The smallest absolute Gasteiger partial charge is 0.246 e. The first-order valence-corrected chi connectivity index (χ1v) is 30.9. The molecule has 1 saturated heterocycles. The molecule has 1 fully saturated rings. The van der Waals surface area contributed by atoms with Gasteiger partial charge in [0, 0.05) is 49.3 Å². The van der Waals surface area contributed by atoms with Gasteiger partial charge in [0.05, 0.1) is 12.6 Å². The van der Waals surface area contributed by atoms with Gasteiger partial charge in [0.15, 0.2) is 0 Å². The van der Waals surface area contributed by atoms with Crippen LogP contribution in [0, 0.1) is 40.9 Å². The van der Waals surface area contributed by atoms with Crippen LogP contribution in [0.25, 0.3) is 0 Å². The molecule has 1 heterocycles. The maximum Gasteiger partial charge on any atom is 0.246 e. The van der Waals surface area contributed by atoms with E-state index in [1.807, 2.05) is 61.5 Å². The van der Waals surface area contributed by atoms with Crippen LogP contribution >= 0.6 is 0 Å². The van der Waals surface area contributed by atoms with Crippen LogP contribution in [0.1, 0.15) is 163 Å². The second kappa shape index (κ2) is 34.4. The van der Waals surface area contributed by atoms with Crippen molar-refractivity contribution in [2.75, 3.05) is 55.9 Å². The Kier molecular flexibility index (Phi) is 31.2. The molecule has 0 aromatic heterocycles. The minimum atomic E-state index is -1.64. The van der Waals surface area contributed by atoms with Crippen molar-refractivity contribution in [2.45, 2.75) is 230 Å².